The molecule has 0 aliphatic carbocycles. The largest absolute Gasteiger partial charge is 0.432 e. The molecule has 4 heterocycles. The average molecular weight is 713 g/mol. The zero-order valence-electron chi connectivity index (χ0n) is 28.4. The molecule has 4 atom stereocenters. The van der Waals surface area contributed by atoms with Crippen molar-refractivity contribution in [2.75, 3.05) is 16.5 Å². The summed E-state index contributed by atoms with van der Waals surface area (Å²) in [6.45, 7) is 6.49. The van der Waals surface area contributed by atoms with Crippen molar-refractivity contribution >= 4 is 48.8 Å². The van der Waals surface area contributed by atoms with Gasteiger partial charge < -0.3 is 19.5 Å². The van der Waals surface area contributed by atoms with Crippen molar-refractivity contribution in [1.29, 1.82) is 0 Å². The number of amides is 2. The van der Waals surface area contributed by atoms with Gasteiger partial charge in [-0.15, -0.1) is 5.10 Å². The van der Waals surface area contributed by atoms with Gasteiger partial charge in [0.2, 0.25) is 5.91 Å². The Bertz CT molecular complexity index is 1950. The zero-order valence-corrected chi connectivity index (χ0v) is 30.1. The standard InChI is InChI=1S/C37H41ClN6O5Si/c1-24-35(50(2,3)48)33(16-18-42-23-28(17-19-45)39-41-42)49-37(24)30-21-27(38)12-14-32(30)43(36(37)47)22-25-8-7-11-29(20-25)44-34(46)15-13-31(40-44)26-9-5-4-6-10-26/h4-12,14,20-21,23-24,33,35,45,48H,13,15-19,22H2,1-3H3/t24-,33+,35-,37+/m1/s1. The summed E-state index contributed by atoms with van der Waals surface area (Å²) in [5.74, 6) is -0.643. The lowest BCUT2D eigenvalue weighted by Crippen LogP contribution is -2.46. The van der Waals surface area contributed by atoms with E-state index in [2.05, 4.69) is 10.3 Å². The molecule has 50 heavy (non-hydrogen) atoms. The molecule has 1 fully saturated rings. The van der Waals surface area contributed by atoms with Crippen molar-refractivity contribution in [2.45, 2.75) is 76.0 Å². The van der Waals surface area contributed by atoms with Gasteiger partial charge >= 0.3 is 0 Å². The number of fused-ring (bicyclic) bond motifs is 2. The van der Waals surface area contributed by atoms with Crippen LogP contribution >= 0.6 is 11.6 Å². The highest BCUT2D eigenvalue weighted by molar-refractivity contribution is 6.71. The first-order valence-corrected chi connectivity index (χ1v) is 20.5. The van der Waals surface area contributed by atoms with E-state index in [0.29, 0.717) is 59.9 Å². The van der Waals surface area contributed by atoms with Gasteiger partial charge in [-0.2, -0.15) is 5.10 Å². The van der Waals surface area contributed by atoms with Crippen molar-refractivity contribution in [3.05, 3.63) is 106 Å². The summed E-state index contributed by atoms with van der Waals surface area (Å²) in [5.41, 5.74) is 3.77. The van der Waals surface area contributed by atoms with E-state index < -0.39 is 20.0 Å². The van der Waals surface area contributed by atoms with Crippen LogP contribution in [0.15, 0.2) is 84.1 Å². The first-order chi connectivity index (χ1) is 24.0. The smallest absolute Gasteiger partial charge is 0.264 e. The number of aliphatic hydroxyl groups is 1. The number of hydrogen-bond donors (Lipinski definition) is 2. The second kappa shape index (κ2) is 13.5. The molecule has 1 aromatic heterocycles. The average Bonchev–Trinajstić information content (AvgIpc) is 3.74. The SMILES string of the molecule is C[C@@H]1[C@@H]([Si](C)(C)O)[C@H](CCn2cc(CCO)nn2)O[C@@]12C(=O)N(Cc1cccc(N3N=C(c4ccccc4)CCC3=O)c1)c1ccc(Cl)cc12. The number of aliphatic hydroxyl groups excluding tert-OH is 1. The molecule has 1 spiro atoms. The molecule has 2 amide bonds. The van der Waals surface area contributed by atoms with Crippen molar-refractivity contribution in [1.82, 2.24) is 15.0 Å². The number of hydrogen-bond acceptors (Lipinski definition) is 8. The van der Waals surface area contributed by atoms with E-state index in [1.165, 1.54) is 5.01 Å². The third kappa shape index (κ3) is 6.19. The fourth-order valence-corrected chi connectivity index (χ4v) is 10.7. The highest BCUT2D eigenvalue weighted by atomic mass is 35.5. The van der Waals surface area contributed by atoms with Crippen LogP contribution in [0.5, 0.6) is 0 Å². The number of carbonyl (C=O) groups excluding carboxylic acids is 2. The molecule has 2 N–H and O–H groups in total. The van der Waals surface area contributed by atoms with E-state index in [4.69, 9.17) is 21.4 Å². The van der Waals surface area contributed by atoms with Gasteiger partial charge in [0, 0.05) is 60.7 Å². The summed E-state index contributed by atoms with van der Waals surface area (Å²) >= 11 is 6.58. The van der Waals surface area contributed by atoms with E-state index in [1.54, 1.807) is 21.8 Å². The maximum atomic E-state index is 14.9. The molecular formula is C37H41ClN6O5Si. The maximum absolute atomic E-state index is 14.9. The van der Waals surface area contributed by atoms with Crippen LogP contribution in [-0.2, 0) is 39.4 Å². The first kappa shape index (κ1) is 34.3. The molecular weight excluding hydrogens is 672 g/mol. The van der Waals surface area contributed by atoms with Crippen molar-refractivity contribution < 1.29 is 24.2 Å². The summed E-state index contributed by atoms with van der Waals surface area (Å²) in [6.07, 6.45) is 3.22. The summed E-state index contributed by atoms with van der Waals surface area (Å²) in [7, 11) is -2.87. The Morgan fingerprint density at radius 2 is 1.84 bits per heavy atom. The number of rotatable bonds is 10. The second-order valence-electron chi connectivity index (χ2n) is 13.9. The maximum Gasteiger partial charge on any atom is 0.264 e. The predicted molar refractivity (Wildman–Crippen MR) is 193 cm³/mol. The fourth-order valence-electron chi connectivity index (χ4n) is 7.97. The molecule has 7 rings (SSSR count). The molecule has 4 aromatic rings. The van der Waals surface area contributed by atoms with Crippen LogP contribution in [0.4, 0.5) is 11.4 Å². The van der Waals surface area contributed by atoms with Crippen LogP contribution in [0.25, 0.3) is 0 Å². The number of halogens is 1. The van der Waals surface area contributed by atoms with Crippen LogP contribution in [0.3, 0.4) is 0 Å². The van der Waals surface area contributed by atoms with Gasteiger partial charge in [-0.05, 0) is 61.0 Å². The predicted octanol–water partition coefficient (Wildman–Crippen LogP) is 5.43. The molecule has 1 saturated heterocycles. The van der Waals surface area contributed by atoms with Gasteiger partial charge in [-0.25, -0.2) is 5.01 Å². The lowest BCUT2D eigenvalue weighted by atomic mass is 9.82. The minimum atomic E-state index is -2.87. The van der Waals surface area contributed by atoms with E-state index >= 15 is 0 Å². The third-order valence-corrected chi connectivity index (χ3v) is 12.9. The fraction of sp³-hybridized carbons (Fsp3) is 0.378. The topological polar surface area (TPSA) is 133 Å². The van der Waals surface area contributed by atoms with Gasteiger partial charge in [-0.3, -0.25) is 14.3 Å². The van der Waals surface area contributed by atoms with E-state index in [1.807, 2.05) is 86.7 Å². The number of nitrogens with zero attached hydrogens (tertiary/aromatic N) is 6. The Balaban J connectivity index is 1.19. The van der Waals surface area contributed by atoms with Gasteiger partial charge in [0.05, 0.1) is 35.4 Å². The number of ether oxygens (including phenoxy) is 1. The lowest BCUT2D eigenvalue weighted by Gasteiger charge is -2.32. The zero-order chi connectivity index (χ0) is 35.2. The van der Waals surface area contributed by atoms with E-state index in [-0.39, 0.29) is 36.4 Å². The number of aromatic nitrogens is 3. The molecule has 3 aliphatic rings. The third-order valence-electron chi connectivity index (χ3n) is 10.2. The monoisotopic (exact) mass is 712 g/mol. The number of aryl methyl sites for hydroxylation is 1. The number of hydrazone groups is 1. The molecule has 13 heteroatoms. The molecule has 0 radical (unpaired) electrons. The minimum Gasteiger partial charge on any atom is -0.432 e. The number of benzene rings is 3. The van der Waals surface area contributed by atoms with E-state index in [0.717, 1.165) is 16.8 Å². The lowest BCUT2D eigenvalue weighted by molar-refractivity contribution is -0.146. The van der Waals surface area contributed by atoms with Crippen LogP contribution in [0, 0.1) is 5.92 Å². The quantitative estimate of drug-likeness (QED) is 0.210. The van der Waals surface area contributed by atoms with Gasteiger partial charge in [0.25, 0.3) is 5.91 Å². The molecule has 3 aromatic carbocycles. The Hall–Kier alpha value is -4.20. The van der Waals surface area contributed by atoms with E-state index in [9.17, 15) is 19.5 Å². The Morgan fingerprint density at radius 3 is 2.60 bits per heavy atom. The highest BCUT2D eigenvalue weighted by Gasteiger charge is 2.66. The van der Waals surface area contributed by atoms with Gasteiger partial charge in [0.1, 0.15) is 0 Å². The highest BCUT2D eigenvalue weighted by Crippen LogP contribution is 2.60. The first-order valence-electron chi connectivity index (χ1n) is 17.1. The van der Waals surface area contributed by atoms with Crippen molar-refractivity contribution in [2.24, 2.45) is 11.0 Å². The second-order valence-corrected chi connectivity index (χ2v) is 18.3. The van der Waals surface area contributed by atoms with Crippen LogP contribution < -0.4 is 9.91 Å². The molecule has 11 nitrogen and oxygen atoms in total. The molecule has 260 valence electrons. The molecule has 0 saturated carbocycles. The molecule has 3 aliphatic heterocycles. The van der Waals surface area contributed by atoms with Crippen LogP contribution in [0.2, 0.25) is 23.7 Å². The Labute approximate surface area is 297 Å². The Kier molecular flexibility index (Phi) is 9.25. The van der Waals surface area contributed by atoms with Crippen LogP contribution in [-0.4, -0.2) is 63.5 Å². The minimum absolute atomic E-state index is 0.0127. The molecule has 0 unspecified atom stereocenters. The number of carbonyl (C=O) groups is 2. The number of anilines is 2. The van der Waals surface area contributed by atoms with Crippen molar-refractivity contribution in [3.8, 4) is 0 Å². The van der Waals surface area contributed by atoms with Gasteiger partial charge in [-0.1, -0.05) is 66.2 Å². The molecule has 0 bridgehead atoms. The summed E-state index contributed by atoms with van der Waals surface area (Å²) in [4.78, 5) is 41.3. The van der Waals surface area contributed by atoms with Gasteiger partial charge in [0.15, 0.2) is 13.9 Å². The van der Waals surface area contributed by atoms with Crippen LogP contribution in [0.1, 0.15) is 48.6 Å². The summed E-state index contributed by atoms with van der Waals surface area (Å²) in [5, 5.41) is 24.3. The van der Waals surface area contributed by atoms with Crippen molar-refractivity contribution in [3.63, 3.8) is 0 Å². The normalized spacial score (nSPS) is 23.6. The summed E-state index contributed by atoms with van der Waals surface area (Å²) < 4.78 is 8.65. The Morgan fingerprint density at radius 1 is 1.04 bits per heavy atom. The summed E-state index contributed by atoms with van der Waals surface area (Å²) in [6, 6.07) is 22.9.